The number of piperidine rings is 1. The van der Waals surface area contributed by atoms with Crippen LogP contribution in [0.5, 0.6) is 5.88 Å². The molecule has 3 aromatic rings. The number of halogens is 3. The molecule has 4 rings (SSSR count). The maximum absolute atomic E-state index is 13.0. The van der Waals surface area contributed by atoms with Crippen LogP contribution in [0, 0.1) is 0 Å². The molecule has 35 heavy (non-hydrogen) atoms. The molecule has 1 saturated heterocycles. The van der Waals surface area contributed by atoms with Gasteiger partial charge < -0.3 is 20.3 Å². The zero-order valence-electron chi connectivity index (χ0n) is 19.2. The van der Waals surface area contributed by atoms with Gasteiger partial charge in [-0.15, -0.1) is 0 Å². The van der Waals surface area contributed by atoms with E-state index in [-0.39, 0.29) is 17.4 Å². The van der Waals surface area contributed by atoms with E-state index in [1.165, 1.54) is 18.3 Å². The topological polar surface area (TPSA) is 79.4 Å². The predicted molar refractivity (Wildman–Crippen MR) is 126 cm³/mol. The van der Waals surface area contributed by atoms with Crippen LogP contribution in [0.4, 0.5) is 24.7 Å². The van der Waals surface area contributed by atoms with Crippen molar-refractivity contribution in [2.24, 2.45) is 0 Å². The molecule has 1 amide bonds. The lowest BCUT2D eigenvalue weighted by molar-refractivity contribution is -0.137. The molecule has 0 saturated carbocycles. The van der Waals surface area contributed by atoms with E-state index < -0.39 is 17.6 Å². The summed E-state index contributed by atoms with van der Waals surface area (Å²) in [6.07, 6.45) is 0.717. The molecule has 3 heterocycles. The molecule has 0 bridgehead atoms. The van der Waals surface area contributed by atoms with Gasteiger partial charge >= 0.3 is 6.18 Å². The SMILES string of the molecule is CN1CCC(Oc2cc(CNc3ncccc3C(=O)Nc3cccc(C(F)(F)F)c3)ccn2)CC1. The largest absolute Gasteiger partial charge is 0.474 e. The molecule has 0 unspecified atom stereocenters. The summed E-state index contributed by atoms with van der Waals surface area (Å²) in [6.45, 7) is 2.32. The Labute approximate surface area is 201 Å². The Balaban J connectivity index is 1.40. The monoisotopic (exact) mass is 485 g/mol. The van der Waals surface area contributed by atoms with Gasteiger partial charge in [-0.1, -0.05) is 6.07 Å². The van der Waals surface area contributed by atoms with Gasteiger partial charge in [0, 0.05) is 43.8 Å². The molecular weight excluding hydrogens is 459 g/mol. The van der Waals surface area contributed by atoms with Crippen LogP contribution in [0.25, 0.3) is 0 Å². The van der Waals surface area contributed by atoms with E-state index in [0.29, 0.717) is 18.2 Å². The number of hydrogen-bond donors (Lipinski definition) is 2. The molecular formula is C25H26F3N5O2. The Hall–Kier alpha value is -3.66. The average molecular weight is 486 g/mol. The second-order valence-corrected chi connectivity index (χ2v) is 8.41. The standard InChI is InChI=1S/C25H26F3N5O2/c1-33-12-8-20(9-13-33)35-22-14-17(7-11-29-22)16-31-23-21(6-3-10-30-23)24(34)32-19-5-2-4-18(15-19)25(26,27)28/h2-7,10-11,14-15,20H,8-9,12-13,16H2,1H3,(H,30,31)(H,32,34). The number of nitrogens with zero attached hydrogens (tertiary/aromatic N) is 3. The minimum Gasteiger partial charge on any atom is -0.474 e. The number of aromatic nitrogens is 2. The molecule has 0 radical (unpaired) electrons. The summed E-state index contributed by atoms with van der Waals surface area (Å²) < 4.78 is 45.0. The van der Waals surface area contributed by atoms with Gasteiger partial charge in [-0.05, 0) is 61.9 Å². The van der Waals surface area contributed by atoms with E-state index in [1.54, 1.807) is 18.3 Å². The van der Waals surface area contributed by atoms with E-state index in [9.17, 15) is 18.0 Å². The van der Waals surface area contributed by atoms with Crippen LogP contribution in [-0.2, 0) is 12.7 Å². The van der Waals surface area contributed by atoms with Crippen molar-refractivity contribution in [3.05, 3.63) is 77.6 Å². The maximum Gasteiger partial charge on any atom is 0.416 e. The van der Waals surface area contributed by atoms with Crippen LogP contribution in [0.15, 0.2) is 60.9 Å². The van der Waals surface area contributed by atoms with Crippen LogP contribution < -0.4 is 15.4 Å². The highest BCUT2D eigenvalue weighted by atomic mass is 19.4. The molecule has 1 aromatic carbocycles. The second-order valence-electron chi connectivity index (χ2n) is 8.41. The minimum atomic E-state index is -4.50. The lowest BCUT2D eigenvalue weighted by Crippen LogP contribution is -2.35. The maximum atomic E-state index is 13.0. The van der Waals surface area contributed by atoms with Crippen molar-refractivity contribution in [1.29, 1.82) is 0 Å². The molecule has 2 N–H and O–H groups in total. The Morgan fingerprint density at radius 3 is 2.66 bits per heavy atom. The number of anilines is 2. The number of rotatable bonds is 7. The van der Waals surface area contributed by atoms with Crippen LogP contribution in [-0.4, -0.2) is 47.0 Å². The predicted octanol–water partition coefficient (Wildman–Crippen LogP) is 4.83. The first-order valence-electron chi connectivity index (χ1n) is 11.3. The van der Waals surface area contributed by atoms with Gasteiger partial charge in [-0.3, -0.25) is 4.79 Å². The number of hydrogen-bond acceptors (Lipinski definition) is 6. The number of ether oxygens (including phenoxy) is 1. The minimum absolute atomic E-state index is 0.0458. The number of nitrogens with one attached hydrogen (secondary N) is 2. The summed E-state index contributed by atoms with van der Waals surface area (Å²) in [5.74, 6) is 0.287. The van der Waals surface area contributed by atoms with Crippen molar-refractivity contribution in [3.63, 3.8) is 0 Å². The lowest BCUT2D eigenvalue weighted by Gasteiger charge is -2.29. The first kappa shape index (κ1) is 24.5. The summed E-state index contributed by atoms with van der Waals surface area (Å²) >= 11 is 0. The summed E-state index contributed by atoms with van der Waals surface area (Å²) in [4.78, 5) is 23.6. The normalized spacial score (nSPS) is 15.0. The van der Waals surface area contributed by atoms with E-state index in [0.717, 1.165) is 43.6 Å². The molecule has 0 atom stereocenters. The first-order chi connectivity index (χ1) is 16.8. The third-order valence-electron chi connectivity index (χ3n) is 5.71. The number of carbonyl (C=O) groups is 1. The fourth-order valence-electron chi connectivity index (χ4n) is 3.79. The fourth-order valence-corrected chi connectivity index (χ4v) is 3.79. The third kappa shape index (κ3) is 6.69. The summed E-state index contributed by atoms with van der Waals surface area (Å²) in [5, 5.41) is 5.64. The quantitative estimate of drug-likeness (QED) is 0.499. The van der Waals surface area contributed by atoms with Gasteiger partial charge in [-0.25, -0.2) is 9.97 Å². The second kappa shape index (κ2) is 10.7. The molecule has 10 heteroatoms. The molecule has 1 fully saturated rings. The van der Waals surface area contributed by atoms with E-state index >= 15 is 0 Å². The Morgan fingerprint density at radius 2 is 1.89 bits per heavy atom. The number of alkyl halides is 3. The van der Waals surface area contributed by atoms with E-state index in [2.05, 4.69) is 32.5 Å². The van der Waals surface area contributed by atoms with Gasteiger partial charge in [0.1, 0.15) is 11.9 Å². The van der Waals surface area contributed by atoms with Crippen molar-refractivity contribution in [2.45, 2.75) is 31.7 Å². The van der Waals surface area contributed by atoms with E-state index in [1.807, 2.05) is 12.1 Å². The molecule has 7 nitrogen and oxygen atoms in total. The molecule has 0 spiro atoms. The molecule has 1 aliphatic rings. The summed E-state index contributed by atoms with van der Waals surface area (Å²) in [7, 11) is 2.09. The van der Waals surface area contributed by atoms with Crippen molar-refractivity contribution in [3.8, 4) is 5.88 Å². The van der Waals surface area contributed by atoms with Gasteiger partial charge in [0.05, 0.1) is 11.1 Å². The fraction of sp³-hybridized carbons (Fsp3) is 0.320. The van der Waals surface area contributed by atoms with Crippen LogP contribution in [0.3, 0.4) is 0 Å². The molecule has 0 aliphatic carbocycles. The third-order valence-corrected chi connectivity index (χ3v) is 5.71. The Bertz CT molecular complexity index is 1160. The van der Waals surface area contributed by atoms with Crippen molar-refractivity contribution < 1.29 is 22.7 Å². The highest BCUT2D eigenvalue weighted by Crippen LogP contribution is 2.31. The number of benzene rings is 1. The zero-order valence-corrected chi connectivity index (χ0v) is 19.2. The smallest absolute Gasteiger partial charge is 0.416 e. The molecule has 2 aromatic heterocycles. The van der Waals surface area contributed by atoms with Gasteiger partial charge in [-0.2, -0.15) is 13.2 Å². The van der Waals surface area contributed by atoms with Crippen LogP contribution in [0.1, 0.15) is 34.3 Å². The number of pyridine rings is 2. The van der Waals surface area contributed by atoms with Gasteiger partial charge in [0.15, 0.2) is 0 Å². The van der Waals surface area contributed by atoms with E-state index in [4.69, 9.17) is 4.74 Å². The summed E-state index contributed by atoms with van der Waals surface area (Å²) in [5.41, 5.74) is 0.305. The van der Waals surface area contributed by atoms with Crippen LogP contribution >= 0.6 is 0 Å². The highest BCUT2D eigenvalue weighted by molar-refractivity contribution is 6.07. The zero-order chi connectivity index (χ0) is 24.8. The Morgan fingerprint density at radius 1 is 1.09 bits per heavy atom. The number of likely N-dealkylation sites (tertiary alicyclic amines) is 1. The van der Waals surface area contributed by atoms with Crippen molar-refractivity contribution in [2.75, 3.05) is 30.8 Å². The van der Waals surface area contributed by atoms with Crippen molar-refractivity contribution >= 4 is 17.4 Å². The first-order valence-corrected chi connectivity index (χ1v) is 11.3. The van der Waals surface area contributed by atoms with Crippen LogP contribution in [0.2, 0.25) is 0 Å². The van der Waals surface area contributed by atoms with Crippen molar-refractivity contribution in [1.82, 2.24) is 14.9 Å². The van der Waals surface area contributed by atoms with Gasteiger partial charge in [0.2, 0.25) is 5.88 Å². The number of carbonyl (C=O) groups excluding carboxylic acids is 1. The number of amides is 1. The molecule has 1 aliphatic heterocycles. The highest BCUT2D eigenvalue weighted by Gasteiger charge is 2.30. The lowest BCUT2D eigenvalue weighted by atomic mass is 10.1. The average Bonchev–Trinajstić information content (AvgIpc) is 2.84. The molecule has 184 valence electrons. The Kier molecular flexibility index (Phi) is 7.50. The van der Waals surface area contributed by atoms with Gasteiger partial charge in [0.25, 0.3) is 5.91 Å². The summed E-state index contributed by atoms with van der Waals surface area (Å²) in [6, 6.07) is 11.3.